The molecule has 1 N–H and O–H groups in total. The predicted octanol–water partition coefficient (Wildman–Crippen LogP) is 4.04. The summed E-state index contributed by atoms with van der Waals surface area (Å²) in [5, 5.41) is 3.40. The first kappa shape index (κ1) is 23.1. The van der Waals surface area contributed by atoms with E-state index >= 15 is 0 Å². The van der Waals surface area contributed by atoms with Gasteiger partial charge in [0, 0.05) is 32.7 Å². The van der Waals surface area contributed by atoms with Crippen molar-refractivity contribution in [2.75, 3.05) is 38.6 Å². The van der Waals surface area contributed by atoms with E-state index in [9.17, 15) is 4.79 Å². The highest BCUT2D eigenvalue weighted by Crippen LogP contribution is 2.34. The van der Waals surface area contributed by atoms with Crippen LogP contribution in [0, 0.1) is 5.92 Å². The molecule has 0 spiro atoms. The molecule has 2 saturated heterocycles. The summed E-state index contributed by atoms with van der Waals surface area (Å²) in [6.45, 7) is 3.15. The summed E-state index contributed by atoms with van der Waals surface area (Å²) in [5.41, 5.74) is 2.50. The standard InChI is InChI=1S/C20H31N3O.2ClH/c1-22(2)18-6-3-5-17(15-18)19-7-4-14-23(19)20(24)9-8-16-10-12-21-13-11-16;;/h3,5-6,15-16,19,21H,4,7-14H2,1-2H3;2*1H. The Hall–Kier alpha value is -0.970. The van der Waals surface area contributed by atoms with Crippen LogP contribution in [-0.2, 0) is 4.79 Å². The summed E-state index contributed by atoms with van der Waals surface area (Å²) < 4.78 is 0. The number of nitrogens with one attached hydrogen (secondary N) is 1. The SMILES string of the molecule is CN(C)c1cccc(C2CCCN2C(=O)CCC2CCNCC2)c1.Cl.Cl. The van der Waals surface area contributed by atoms with Crippen LogP contribution in [-0.4, -0.2) is 44.5 Å². The molecule has 2 aliphatic heterocycles. The minimum absolute atomic E-state index is 0. The van der Waals surface area contributed by atoms with Gasteiger partial charge in [0.25, 0.3) is 0 Å². The van der Waals surface area contributed by atoms with Gasteiger partial charge in [-0.25, -0.2) is 0 Å². The van der Waals surface area contributed by atoms with Gasteiger partial charge >= 0.3 is 0 Å². The van der Waals surface area contributed by atoms with Crippen LogP contribution in [0.1, 0.15) is 50.1 Å². The van der Waals surface area contributed by atoms with Crippen LogP contribution < -0.4 is 10.2 Å². The Kier molecular flexibility index (Phi) is 9.77. The largest absolute Gasteiger partial charge is 0.378 e. The van der Waals surface area contributed by atoms with Crippen molar-refractivity contribution in [1.82, 2.24) is 10.2 Å². The van der Waals surface area contributed by atoms with Gasteiger partial charge in [0.1, 0.15) is 0 Å². The Morgan fingerprint density at radius 2 is 1.92 bits per heavy atom. The van der Waals surface area contributed by atoms with Crippen molar-refractivity contribution in [2.24, 2.45) is 5.92 Å². The van der Waals surface area contributed by atoms with Gasteiger partial charge in [-0.15, -0.1) is 24.8 Å². The van der Waals surface area contributed by atoms with Crippen molar-refractivity contribution in [1.29, 1.82) is 0 Å². The molecule has 1 unspecified atom stereocenters. The Morgan fingerprint density at radius 1 is 1.19 bits per heavy atom. The maximum atomic E-state index is 12.8. The number of benzene rings is 1. The topological polar surface area (TPSA) is 35.6 Å². The monoisotopic (exact) mass is 401 g/mol. The van der Waals surface area contributed by atoms with Gasteiger partial charge in [-0.05, 0) is 68.8 Å². The number of piperidine rings is 1. The number of hydrogen-bond acceptors (Lipinski definition) is 3. The smallest absolute Gasteiger partial charge is 0.223 e. The van der Waals surface area contributed by atoms with E-state index in [2.05, 4.69) is 53.5 Å². The summed E-state index contributed by atoms with van der Waals surface area (Å²) in [5.74, 6) is 1.08. The van der Waals surface area contributed by atoms with Crippen LogP contribution in [0.5, 0.6) is 0 Å². The molecule has 3 rings (SSSR count). The molecule has 1 aromatic carbocycles. The van der Waals surface area contributed by atoms with Gasteiger partial charge in [-0.3, -0.25) is 4.79 Å². The molecule has 148 valence electrons. The second kappa shape index (κ2) is 11.0. The molecule has 0 bridgehead atoms. The number of rotatable bonds is 5. The second-order valence-corrected chi connectivity index (χ2v) is 7.47. The summed E-state index contributed by atoms with van der Waals surface area (Å²) in [6, 6.07) is 8.92. The minimum Gasteiger partial charge on any atom is -0.378 e. The van der Waals surface area contributed by atoms with Gasteiger partial charge in [0.05, 0.1) is 6.04 Å². The van der Waals surface area contributed by atoms with Crippen molar-refractivity contribution in [3.05, 3.63) is 29.8 Å². The Bertz CT molecular complexity index is 562. The van der Waals surface area contributed by atoms with Gasteiger partial charge in [-0.2, -0.15) is 0 Å². The molecule has 1 aromatic rings. The maximum Gasteiger partial charge on any atom is 0.223 e. The molecule has 2 aliphatic rings. The van der Waals surface area contributed by atoms with Crippen LogP contribution in [0.15, 0.2) is 24.3 Å². The first-order valence-corrected chi connectivity index (χ1v) is 9.42. The van der Waals surface area contributed by atoms with Crippen molar-refractivity contribution >= 4 is 36.4 Å². The normalized spacial score (nSPS) is 20.2. The molecular weight excluding hydrogens is 369 g/mol. The molecule has 0 radical (unpaired) electrons. The first-order valence-electron chi connectivity index (χ1n) is 9.42. The molecule has 0 aliphatic carbocycles. The van der Waals surface area contributed by atoms with Gasteiger partial charge < -0.3 is 15.1 Å². The summed E-state index contributed by atoms with van der Waals surface area (Å²) in [6.07, 6.45) is 6.44. The van der Waals surface area contributed by atoms with Crippen molar-refractivity contribution in [2.45, 2.75) is 44.6 Å². The lowest BCUT2D eigenvalue weighted by molar-refractivity contribution is -0.132. The van der Waals surface area contributed by atoms with Crippen molar-refractivity contribution < 1.29 is 4.79 Å². The third-order valence-corrected chi connectivity index (χ3v) is 5.57. The molecule has 4 nitrogen and oxygen atoms in total. The number of nitrogens with zero attached hydrogens (tertiary/aromatic N) is 2. The van der Waals surface area contributed by atoms with Gasteiger partial charge in [0.15, 0.2) is 0 Å². The van der Waals surface area contributed by atoms with E-state index in [0.29, 0.717) is 12.3 Å². The van der Waals surface area contributed by atoms with E-state index in [-0.39, 0.29) is 30.9 Å². The highest BCUT2D eigenvalue weighted by molar-refractivity contribution is 5.85. The Labute approximate surface area is 170 Å². The number of hydrogen-bond donors (Lipinski definition) is 1. The van der Waals surface area contributed by atoms with Crippen LogP contribution in [0.4, 0.5) is 5.69 Å². The molecule has 26 heavy (non-hydrogen) atoms. The zero-order valence-corrected chi connectivity index (χ0v) is 17.6. The fourth-order valence-corrected chi connectivity index (χ4v) is 4.06. The van der Waals surface area contributed by atoms with Gasteiger partial charge in [-0.1, -0.05) is 12.1 Å². The number of amides is 1. The zero-order chi connectivity index (χ0) is 16.9. The third-order valence-electron chi connectivity index (χ3n) is 5.57. The zero-order valence-electron chi connectivity index (χ0n) is 15.9. The summed E-state index contributed by atoms with van der Waals surface area (Å²) in [7, 11) is 4.13. The van der Waals surface area contributed by atoms with E-state index < -0.39 is 0 Å². The van der Waals surface area contributed by atoms with Crippen LogP contribution >= 0.6 is 24.8 Å². The van der Waals surface area contributed by atoms with Crippen molar-refractivity contribution in [3.8, 4) is 0 Å². The molecule has 0 saturated carbocycles. The van der Waals surface area contributed by atoms with E-state index in [1.807, 2.05) is 0 Å². The Balaban J connectivity index is 0.00000169. The van der Waals surface area contributed by atoms with Crippen LogP contribution in [0.2, 0.25) is 0 Å². The maximum absolute atomic E-state index is 12.8. The lowest BCUT2D eigenvalue weighted by Gasteiger charge is -2.28. The lowest BCUT2D eigenvalue weighted by atomic mass is 9.93. The van der Waals surface area contributed by atoms with Gasteiger partial charge in [0.2, 0.25) is 5.91 Å². The highest BCUT2D eigenvalue weighted by atomic mass is 35.5. The van der Waals surface area contributed by atoms with Crippen LogP contribution in [0.3, 0.4) is 0 Å². The average Bonchev–Trinajstić information content (AvgIpc) is 3.10. The quantitative estimate of drug-likeness (QED) is 0.808. The summed E-state index contributed by atoms with van der Waals surface area (Å²) >= 11 is 0. The second-order valence-electron chi connectivity index (χ2n) is 7.47. The number of carbonyl (C=O) groups excluding carboxylic acids is 1. The molecular formula is C20H33Cl2N3O. The van der Waals surface area contributed by atoms with Crippen LogP contribution in [0.25, 0.3) is 0 Å². The summed E-state index contributed by atoms with van der Waals surface area (Å²) in [4.78, 5) is 17.1. The fraction of sp³-hybridized carbons (Fsp3) is 0.650. The highest BCUT2D eigenvalue weighted by Gasteiger charge is 2.30. The molecule has 1 amide bonds. The van der Waals surface area contributed by atoms with Crippen molar-refractivity contribution in [3.63, 3.8) is 0 Å². The minimum atomic E-state index is 0. The number of halogens is 2. The number of likely N-dealkylation sites (tertiary alicyclic amines) is 1. The molecule has 1 atom stereocenters. The van der Waals surface area contributed by atoms with E-state index in [4.69, 9.17) is 0 Å². The number of anilines is 1. The molecule has 6 heteroatoms. The van der Waals surface area contributed by atoms with E-state index in [0.717, 1.165) is 44.8 Å². The molecule has 2 fully saturated rings. The van der Waals surface area contributed by atoms with E-state index in [1.165, 1.54) is 24.1 Å². The first-order chi connectivity index (χ1) is 11.6. The van der Waals surface area contributed by atoms with E-state index in [1.54, 1.807) is 0 Å². The Morgan fingerprint density at radius 3 is 2.62 bits per heavy atom. The average molecular weight is 402 g/mol. The molecule has 2 heterocycles. The number of carbonyl (C=O) groups is 1. The fourth-order valence-electron chi connectivity index (χ4n) is 4.06. The lowest BCUT2D eigenvalue weighted by Crippen LogP contribution is -2.32. The third kappa shape index (κ3) is 5.77. The molecule has 0 aromatic heterocycles. The predicted molar refractivity (Wildman–Crippen MR) is 114 cm³/mol.